The Morgan fingerprint density at radius 2 is 2.11 bits per heavy atom. The monoisotopic (exact) mass is 280 g/mol. The van der Waals surface area contributed by atoms with E-state index >= 15 is 0 Å². The third-order valence-electron chi connectivity index (χ3n) is 2.61. The van der Waals surface area contributed by atoms with Crippen LogP contribution in [0.1, 0.15) is 23.0 Å². The number of aromatic nitrogens is 2. The molecule has 0 saturated carbocycles. The lowest BCUT2D eigenvalue weighted by Crippen LogP contribution is -2.07. The SMILES string of the molecule is CCc1ccc(OCn2cc(Cl)c(C(=O)O)n2)cc1. The fourth-order valence-electron chi connectivity index (χ4n) is 1.57. The Kier molecular flexibility index (Phi) is 4.06. The molecular formula is C13H13ClN2O3. The molecule has 1 aromatic carbocycles. The number of carbonyl (C=O) groups is 1. The summed E-state index contributed by atoms with van der Waals surface area (Å²) in [5, 5.41) is 12.7. The molecule has 0 spiro atoms. The molecule has 0 saturated heterocycles. The fraction of sp³-hybridized carbons (Fsp3) is 0.231. The van der Waals surface area contributed by atoms with Gasteiger partial charge in [0.05, 0.1) is 5.02 Å². The first-order valence-electron chi connectivity index (χ1n) is 5.78. The quantitative estimate of drug-likeness (QED) is 0.915. The Morgan fingerprint density at radius 3 is 2.63 bits per heavy atom. The second kappa shape index (κ2) is 5.75. The summed E-state index contributed by atoms with van der Waals surface area (Å²) in [7, 11) is 0. The van der Waals surface area contributed by atoms with E-state index in [9.17, 15) is 4.79 Å². The maximum Gasteiger partial charge on any atom is 0.357 e. The number of benzene rings is 1. The number of ether oxygens (including phenoxy) is 1. The molecule has 0 aliphatic rings. The molecule has 19 heavy (non-hydrogen) atoms. The topological polar surface area (TPSA) is 64.3 Å². The van der Waals surface area contributed by atoms with E-state index in [4.69, 9.17) is 21.4 Å². The van der Waals surface area contributed by atoms with Gasteiger partial charge in [0.25, 0.3) is 0 Å². The summed E-state index contributed by atoms with van der Waals surface area (Å²) in [6.45, 7) is 2.19. The van der Waals surface area contributed by atoms with E-state index in [1.165, 1.54) is 16.4 Å². The van der Waals surface area contributed by atoms with Crippen molar-refractivity contribution in [2.24, 2.45) is 0 Å². The van der Waals surface area contributed by atoms with E-state index in [2.05, 4.69) is 12.0 Å². The number of carboxylic acid groups (broad SMARTS) is 1. The summed E-state index contributed by atoms with van der Waals surface area (Å²) in [6.07, 6.45) is 2.39. The molecule has 2 rings (SSSR count). The van der Waals surface area contributed by atoms with Gasteiger partial charge in [0, 0.05) is 6.20 Å². The molecule has 5 nitrogen and oxygen atoms in total. The maximum absolute atomic E-state index is 10.8. The molecule has 0 aliphatic heterocycles. The highest BCUT2D eigenvalue weighted by Crippen LogP contribution is 2.16. The molecule has 2 aromatic rings. The number of rotatable bonds is 5. The van der Waals surface area contributed by atoms with E-state index in [0.717, 1.165) is 6.42 Å². The van der Waals surface area contributed by atoms with Gasteiger partial charge in [0.15, 0.2) is 12.4 Å². The molecule has 0 aliphatic carbocycles. The summed E-state index contributed by atoms with van der Waals surface area (Å²) < 4.78 is 6.84. The van der Waals surface area contributed by atoms with E-state index in [0.29, 0.717) is 5.75 Å². The average Bonchev–Trinajstić information content (AvgIpc) is 2.78. The predicted molar refractivity (Wildman–Crippen MR) is 70.6 cm³/mol. The van der Waals surface area contributed by atoms with Gasteiger partial charge in [-0.3, -0.25) is 0 Å². The van der Waals surface area contributed by atoms with Gasteiger partial charge < -0.3 is 9.84 Å². The van der Waals surface area contributed by atoms with Crippen LogP contribution in [0, 0.1) is 0 Å². The minimum absolute atomic E-state index is 0.0948. The van der Waals surface area contributed by atoms with Crippen LogP contribution in [0.4, 0.5) is 0 Å². The van der Waals surface area contributed by atoms with E-state index < -0.39 is 5.97 Å². The van der Waals surface area contributed by atoms with Crippen LogP contribution in [0.5, 0.6) is 5.75 Å². The second-order valence-corrected chi connectivity index (χ2v) is 4.35. The highest BCUT2D eigenvalue weighted by atomic mass is 35.5. The van der Waals surface area contributed by atoms with Crippen molar-refractivity contribution in [3.63, 3.8) is 0 Å². The molecule has 0 amide bonds. The summed E-state index contributed by atoms with van der Waals surface area (Å²) in [4.78, 5) is 10.8. The standard InChI is InChI=1S/C13H13ClN2O3/c1-2-9-3-5-10(6-4-9)19-8-16-7-11(14)12(15-16)13(17)18/h3-7H,2,8H2,1H3,(H,17,18). The first-order valence-corrected chi connectivity index (χ1v) is 6.16. The van der Waals surface area contributed by atoms with Crippen molar-refractivity contribution >= 4 is 17.6 Å². The molecule has 0 radical (unpaired) electrons. The van der Waals surface area contributed by atoms with Crippen LogP contribution in [-0.4, -0.2) is 20.9 Å². The van der Waals surface area contributed by atoms with Crippen molar-refractivity contribution in [2.75, 3.05) is 0 Å². The lowest BCUT2D eigenvalue weighted by Gasteiger charge is -2.06. The van der Waals surface area contributed by atoms with E-state index in [1.54, 1.807) is 0 Å². The maximum atomic E-state index is 10.8. The van der Waals surface area contributed by atoms with Crippen molar-refractivity contribution in [3.8, 4) is 5.75 Å². The third-order valence-corrected chi connectivity index (χ3v) is 2.89. The normalized spacial score (nSPS) is 10.4. The first-order chi connectivity index (χ1) is 9.10. The Labute approximate surface area is 115 Å². The number of aromatic carboxylic acids is 1. The van der Waals surface area contributed by atoms with Crippen LogP contribution in [-0.2, 0) is 13.2 Å². The zero-order valence-corrected chi connectivity index (χ0v) is 11.1. The van der Waals surface area contributed by atoms with E-state index in [1.807, 2.05) is 24.3 Å². The third kappa shape index (κ3) is 3.26. The smallest absolute Gasteiger partial charge is 0.357 e. The minimum Gasteiger partial charge on any atom is -0.476 e. The number of aryl methyl sites for hydroxylation is 1. The molecule has 1 N–H and O–H groups in total. The van der Waals surface area contributed by atoms with Gasteiger partial charge >= 0.3 is 5.97 Å². The Balaban J connectivity index is 2.01. The molecule has 0 bridgehead atoms. The lowest BCUT2D eigenvalue weighted by molar-refractivity contribution is 0.0688. The summed E-state index contributed by atoms with van der Waals surface area (Å²) in [5.41, 5.74) is 1.05. The molecule has 1 aromatic heterocycles. The van der Waals surface area contributed by atoms with Gasteiger partial charge in [0.1, 0.15) is 5.75 Å². The fourth-order valence-corrected chi connectivity index (χ4v) is 1.80. The van der Waals surface area contributed by atoms with Gasteiger partial charge in [-0.25, -0.2) is 9.48 Å². The molecular weight excluding hydrogens is 268 g/mol. The average molecular weight is 281 g/mol. The molecule has 0 fully saturated rings. The second-order valence-electron chi connectivity index (χ2n) is 3.94. The lowest BCUT2D eigenvalue weighted by atomic mass is 10.2. The Morgan fingerprint density at radius 1 is 1.42 bits per heavy atom. The number of hydrogen-bond acceptors (Lipinski definition) is 3. The van der Waals surface area contributed by atoms with Gasteiger partial charge in [-0.05, 0) is 24.1 Å². The molecule has 1 heterocycles. The zero-order chi connectivity index (χ0) is 13.8. The minimum atomic E-state index is -1.16. The van der Waals surface area contributed by atoms with Crippen molar-refractivity contribution in [3.05, 3.63) is 46.7 Å². The first kappa shape index (κ1) is 13.4. The molecule has 0 unspecified atom stereocenters. The Hall–Kier alpha value is -2.01. The number of carboxylic acids is 1. The summed E-state index contributed by atoms with van der Waals surface area (Å²) in [6, 6.07) is 7.69. The van der Waals surface area contributed by atoms with Crippen LogP contribution >= 0.6 is 11.6 Å². The number of nitrogens with zero attached hydrogens (tertiary/aromatic N) is 2. The highest BCUT2D eigenvalue weighted by molar-refractivity contribution is 6.33. The molecule has 0 atom stereocenters. The largest absolute Gasteiger partial charge is 0.476 e. The number of halogens is 1. The van der Waals surface area contributed by atoms with Gasteiger partial charge in [-0.2, -0.15) is 5.10 Å². The van der Waals surface area contributed by atoms with Crippen LogP contribution in [0.2, 0.25) is 5.02 Å². The predicted octanol–water partition coefficient (Wildman–Crippen LogP) is 2.83. The van der Waals surface area contributed by atoms with Crippen LogP contribution in [0.25, 0.3) is 0 Å². The highest BCUT2D eigenvalue weighted by Gasteiger charge is 2.13. The van der Waals surface area contributed by atoms with Crippen molar-refractivity contribution in [1.29, 1.82) is 0 Å². The van der Waals surface area contributed by atoms with Crippen LogP contribution in [0.3, 0.4) is 0 Å². The van der Waals surface area contributed by atoms with Gasteiger partial charge in [-0.1, -0.05) is 30.7 Å². The van der Waals surface area contributed by atoms with Crippen LogP contribution in [0.15, 0.2) is 30.5 Å². The van der Waals surface area contributed by atoms with E-state index in [-0.39, 0.29) is 17.4 Å². The zero-order valence-electron chi connectivity index (χ0n) is 10.3. The number of hydrogen-bond donors (Lipinski definition) is 1. The summed E-state index contributed by atoms with van der Waals surface area (Å²) in [5.74, 6) is -0.461. The van der Waals surface area contributed by atoms with Crippen molar-refractivity contribution in [1.82, 2.24) is 9.78 Å². The van der Waals surface area contributed by atoms with Gasteiger partial charge in [-0.15, -0.1) is 0 Å². The van der Waals surface area contributed by atoms with Crippen molar-refractivity contribution in [2.45, 2.75) is 20.1 Å². The summed E-state index contributed by atoms with van der Waals surface area (Å²) >= 11 is 5.74. The Bertz CT molecular complexity index is 578. The molecule has 6 heteroatoms. The molecule has 100 valence electrons. The van der Waals surface area contributed by atoms with Crippen molar-refractivity contribution < 1.29 is 14.6 Å². The van der Waals surface area contributed by atoms with Crippen LogP contribution < -0.4 is 4.74 Å². The van der Waals surface area contributed by atoms with Gasteiger partial charge in [0.2, 0.25) is 0 Å².